The molecule has 3 rings (SSSR count). The molecule has 0 unspecified atom stereocenters. The predicted molar refractivity (Wildman–Crippen MR) is 108 cm³/mol. The normalized spacial score (nSPS) is 13.7. The Hall–Kier alpha value is -1.95. The van der Waals surface area contributed by atoms with Crippen LogP contribution in [0, 0.1) is 0 Å². The van der Waals surface area contributed by atoms with Crippen molar-refractivity contribution < 1.29 is 14.3 Å². The second-order valence-electron chi connectivity index (χ2n) is 5.72. The molecule has 1 amide bonds. The average Bonchev–Trinajstić information content (AvgIpc) is 2.64. The lowest BCUT2D eigenvalue weighted by Gasteiger charge is -2.25. The quantitative estimate of drug-likeness (QED) is 0.800. The van der Waals surface area contributed by atoms with Gasteiger partial charge in [-0.2, -0.15) is 0 Å². The lowest BCUT2D eigenvalue weighted by molar-refractivity contribution is 0.102. The standard InChI is InChI=1S/C19H22N2O3.2ClH/c1-23-17-8-4-2-6-15(17)19(22)21-16-7-3-5-9-18(16)24-14-10-12-20-13-11-14;;/h2-9,14,20H,10-13H2,1H3,(H,21,22);2*1H. The predicted octanol–water partition coefficient (Wildman–Crippen LogP) is 3.92. The average molecular weight is 399 g/mol. The fraction of sp³-hybridized carbons (Fsp3) is 0.316. The van der Waals surface area contributed by atoms with Gasteiger partial charge in [-0.05, 0) is 50.2 Å². The molecule has 0 aliphatic carbocycles. The molecule has 1 aliphatic heterocycles. The Labute approximate surface area is 166 Å². The van der Waals surface area contributed by atoms with Crippen molar-refractivity contribution in [3.8, 4) is 11.5 Å². The van der Waals surface area contributed by atoms with Gasteiger partial charge >= 0.3 is 0 Å². The monoisotopic (exact) mass is 398 g/mol. The molecular formula is C19H24Cl2N2O3. The first-order chi connectivity index (χ1) is 11.8. The molecule has 7 heteroatoms. The number of anilines is 1. The number of carbonyl (C=O) groups excluding carboxylic acids is 1. The van der Waals surface area contributed by atoms with Crippen molar-refractivity contribution in [2.45, 2.75) is 18.9 Å². The van der Waals surface area contributed by atoms with Crippen LogP contribution in [0.2, 0.25) is 0 Å². The Morgan fingerprint density at radius 3 is 2.31 bits per heavy atom. The van der Waals surface area contributed by atoms with Gasteiger partial charge in [-0.15, -0.1) is 24.8 Å². The number of halogens is 2. The molecular weight excluding hydrogens is 375 g/mol. The number of ether oxygens (including phenoxy) is 2. The van der Waals surface area contributed by atoms with Crippen molar-refractivity contribution in [2.24, 2.45) is 0 Å². The summed E-state index contributed by atoms with van der Waals surface area (Å²) in [6, 6.07) is 14.7. The molecule has 5 nitrogen and oxygen atoms in total. The molecule has 0 saturated carbocycles. The minimum absolute atomic E-state index is 0. The van der Waals surface area contributed by atoms with E-state index in [9.17, 15) is 4.79 Å². The highest BCUT2D eigenvalue weighted by Crippen LogP contribution is 2.28. The van der Waals surface area contributed by atoms with Crippen LogP contribution in [-0.4, -0.2) is 32.2 Å². The maximum absolute atomic E-state index is 12.6. The first kappa shape index (κ1) is 22.1. The molecule has 1 heterocycles. The molecule has 26 heavy (non-hydrogen) atoms. The van der Waals surface area contributed by atoms with E-state index in [1.807, 2.05) is 36.4 Å². The van der Waals surface area contributed by atoms with Gasteiger partial charge in [0.15, 0.2) is 0 Å². The van der Waals surface area contributed by atoms with Crippen LogP contribution in [0.25, 0.3) is 0 Å². The lowest BCUT2D eigenvalue weighted by atomic mass is 10.1. The second-order valence-corrected chi connectivity index (χ2v) is 5.72. The lowest BCUT2D eigenvalue weighted by Crippen LogP contribution is -2.34. The first-order valence-corrected chi connectivity index (χ1v) is 8.18. The Balaban J connectivity index is 0.00000169. The number of carbonyl (C=O) groups is 1. The third-order valence-electron chi connectivity index (χ3n) is 4.07. The minimum Gasteiger partial charge on any atom is -0.496 e. The SMILES string of the molecule is COc1ccccc1C(=O)Nc1ccccc1OC1CCNCC1.Cl.Cl. The van der Waals surface area contributed by atoms with Crippen LogP contribution in [0.3, 0.4) is 0 Å². The zero-order valence-corrected chi connectivity index (χ0v) is 16.2. The number of benzene rings is 2. The van der Waals surface area contributed by atoms with Crippen LogP contribution in [0.15, 0.2) is 48.5 Å². The number of rotatable bonds is 5. The van der Waals surface area contributed by atoms with Crippen molar-refractivity contribution in [1.82, 2.24) is 5.32 Å². The summed E-state index contributed by atoms with van der Waals surface area (Å²) in [5, 5.41) is 6.25. The molecule has 0 radical (unpaired) electrons. The Kier molecular flexibility index (Phi) is 9.27. The third-order valence-corrected chi connectivity index (χ3v) is 4.07. The largest absolute Gasteiger partial charge is 0.496 e. The van der Waals surface area contributed by atoms with E-state index >= 15 is 0 Å². The molecule has 1 fully saturated rings. The van der Waals surface area contributed by atoms with E-state index in [2.05, 4.69) is 10.6 Å². The molecule has 0 spiro atoms. The van der Waals surface area contributed by atoms with Crippen molar-refractivity contribution in [3.05, 3.63) is 54.1 Å². The summed E-state index contributed by atoms with van der Waals surface area (Å²) in [6.07, 6.45) is 2.11. The van der Waals surface area contributed by atoms with E-state index < -0.39 is 0 Å². The number of hydrogen-bond acceptors (Lipinski definition) is 4. The summed E-state index contributed by atoms with van der Waals surface area (Å²) in [6.45, 7) is 1.92. The van der Waals surface area contributed by atoms with Gasteiger partial charge in [0.2, 0.25) is 0 Å². The van der Waals surface area contributed by atoms with Crippen LogP contribution < -0.4 is 20.1 Å². The number of amides is 1. The molecule has 0 aromatic heterocycles. The number of hydrogen-bond donors (Lipinski definition) is 2. The van der Waals surface area contributed by atoms with Gasteiger partial charge in [-0.25, -0.2) is 0 Å². The highest BCUT2D eigenvalue weighted by Gasteiger charge is 2.18. The van der Waals surface area contributed by atoms with E-state index in [4.69, 9.17) is 9.47 Å². The summed E-state index contributed by atoms with van der Waals surface area (Å²) in [7, 11) is 1.56. The maximum atomic E-state index is 12.6. The Bertz CT molecular complexity index is 707. The number of methoxy groups -OCH3 is 1. The molecule has 1 saturated heterocycles. The van der Waals surface area contributed by atoms with E-state index in [0.717, 1.165) is 25.9 Å². The zero-order chi connectivity index (χ0) is 16.8. The van der Waals surface area contributed by atoms with Gasteiger partial charge in [-0.3, -0.25) is 4.79 Å². The molecule has 2 N–H and O–H groups in total. The van der Waals surface area contributed by atoms with Gasteiger partial charge in [0.1, 0.15) is 17.6 Å². The van der Waals surface area contributed by atoms with Gasteiger partial charge in [0, 0.05) is 0 Å². The highest BCUT2D eigenvalue weighted by molar-refractivity contribution is 6.06. The molecule has 0 bridgehead atoms. The van der Waals surface area contributed by atoms with E-state index in [-0.39, 0.29) is 36.8 Å². The Morgan fingerprint density at radius 1 is 1.00 bits per heavy atom. The number of para-hydroxylation sites is 3. The maximum Gasteiger partial charge on any atom is 0.259 e. The van der Waals surface area contributed by atoms with E-state index in [1.165, 1.54) is 0 Å². The number of piperidine rings is 1. The van der Waals surface area contributed by atoms with Crippen molar-refractivity contribution in [1.29, 1.82) is 0 Å². The summed E-state index contributed by atoms with van der Waals surface area (Å²) >= 11 is 0. The van der Waals surface area contributed by atoms with E-state index in [0.29, 0.717) is 22.7 Å². The van der Waals surface area contributed by atoms with Crippen molar-refractivity contribution >= 4 is 36.4 Å². The smallest absolute Gasteiger partial charge is 0.259 e. The second kappa shape index (κ2) is 10.9. The molecule has 142 valence electrons. The highest BCUT2D eigenvalue weighted by atomic mass is 35.5. The third kappa shape index (κ3) is 5.53. The van der Waals surface area contributed by atoms with Crippen LogP contribution in [0.4, 0.5) is 5.69 Å². The molecule has 0 atom stereocenters. The van der Waals surface area contributed by atoms with Crippen LogP contribution in [-0.2, 0) is 0 Å². The summed E-state index contributed by atoms with van der Waals surface area (Å²) in [5.74, 6) is 1.04. The summed E-state index contributed by atoms with van der Waals surface area (Å²) in [4.78, 5) is 12.6. The fourth-order valence-electron chi connectivity index (χ4n) is 2.79. The van der Waals surface area contributed by atoms with Gasteiger partial charge in [0.25, 0.3) is 5.91 Å². The summed E-state index contributed by atoms with van der Waals surface area (Å²) < 4.78 is 11.4. The first-order valence-electron chi connectivity index (χ1n) is 8.18. The molecule has 2 aromatic rings. The van der Waals surface area contributed by atoms with Crippen LogP contribution >= 0.6 is 24.8 Å². The topological polar surface area (TPSA) is 59.6 Å². The Morgan fingerprint density at radius 2 is 1.62 bits per heavy atom. The van der Waals surface area contributed by atoms with E-state index in [1.54, 1.807) is 19.2 Å². The molecule has 2 aromatic carbocycles. The van der Waals surface area contributed by atoms with Gasteiger partial charge in [-0.1, -0.05) is 24.3 Å². The van der Waals surface area contributed by atoms with Crippen LogP contribution in [0.5, 0.6) is 11.5 Å². The molecule has 1 aliphatic rings. The fourth-order valence-corrected chi connectivity index (χ4v) is 2.79. The van der Waals surface area contributed by atoms with Crippen molar-refractivity contribution in [3.63, 3.8) is 0 Å². The zero-order valence-electron chi connectivity index (χ0n) is 14.6. The number of nitrogens with one attached hydrogen (secondary N) is 2. The van der Waals surface area contributed by atoms with Gasteiger partial charge in [0.05, 0.1) is 18.4 Å². The van der Waals surface area contributed by atoms with Crippen molar-refractivity contribution in [2.75, 3.05) is 25.5 Å². The van der Waals surface area contributed by atoms with Gasteiger partial charge < -0.3 is 20.1 Å². The summed E-state index contributed by atoms with van der Waals surface area (Å²) in [5.41, 5.74) is 1.17. The minimum atomic E-state index is -0.214. The van der Waals surface area contributed by atoms with Crippen LogP contribution in [0.1, 0.15) is 23.2 Å².